The number of thiophene rings is 1. The van der Waals surface area contributed by atoms with Gasteiger partial charge in [0, 0.05) is 9.35 Å². The smallest absolute Gasteiger partial charge is 0.320 e. The van der Waals surface area contributed by atoms with Crippen molar-refractivity contribution < 1.29 is 9.90 Å². The molecule has 1 fully saturated rings. The van der Waals surface area contributed by atoms with Gasteiger partial charge in [-0.1, -0.05) is 0 Å². The molecule has 0 saturated carbocycles. The highest BCUT2D eigenvalue weighted by Gasteiger charge is 2.28. The van der Waals surface area contributed by atoms with Gasteiger partial charge < -0.3 is 5.11 Å². The first-order valence-electron chi connectivity index (χ1n) is 4.52. The van der Waals surface area contributed by atoms with Crippen molar-refractivity contribution in [2.75, 3.05) is 5.75 Å². The Labute approximate surface area is 104 Å². The second kappa shape index (κ2) is 4.86. The van der Waals surface area contributed by atoms with E-state index < -0.39 is 12.0 Å². The van der Waals surface area contributed by atoms with E-state index in [1.807, 2.05) is 11.4 Å². The highest BCUT2D eigenvalue weighted by atomic mass is 79.9. The van der Waals surface area contributed by atoms with Crippen LogP contribution in [0.5, 0.6) is 0 Å². The molecule has 15 heavy (non-hydrogen) atoms. The van der Waals surface area contributed by atoms with Crippen LogP contribution in [-0.2, 0) is 4.79 Å². The monoisotopic (exact) mass is 307 g/mol. The molecule has 1 aromatic rings. The maximum atomic E-state index is 10.9. The Morgan fingerprint density at radius 1 is 1.67 bits per heavy atom. The molecule has 0 aromatic carbocycles. The summed E-state index contributed by atoms with van der Waals surface area (Å²) in [6.07, 6.45) is 0.694. The third-order valence-corrected chi connectivity index (χ3v) is 5.49. The molecule has 82 valence electrons. The molecule has 1 saturated heterocycles. The normalized spacial score (nSPS) is 26.5. The molecule has 0 bridgehead atoms. The Balaban J connectivity index is 2.11. The zero-order valence-corrected chi connectivity index (χ0v) is 11.0. The van der Waals surface area contributed by atoms with Gasteiger partial charge in [-0.3, -0.25) is 10.1 Å². The van der Waals surface area contributed by atoms with Gasteiger partial charge in [-0.05, 0) is 39.6 Å². The third kappa shape index (κ3) is 2.55. The number of rotatable bonds is 2. The first-order chi connectivity index (χ1) is 7.18. The van der Waals surface area contributed by atoms with E-state index in [4.69, 9.17) is 5.11 Å². The van der Waals surface area contributed by atoms with E-state index in [-0.39, 0.29) is 5.37 Å². The van der Waals surface area contributed by atoms with Gasteiger partial charge in [-0.25, -0.2) is 0 Å². The summed E-state index contributed by atoms with van der Waals surface area (Å²) < 4.78 is 1.06. The van der Waals surface area contributed by atoms with Crippen LogP contribution in [-0.4, -0.2) is 22.9 Å². The molecular weight excluding hydrogens is 298 g/mol. The molecule has 2 unspecified atom stereocenters. The Bertz CT molecular complexity index is 369. The second-order valence-corrected chi connectivity index (χ2v) is 6.24. The summed E-state index contributed by atoms with van der Waals surface area (Å²) >= 11 is 6.88. The molecule has 0 aliphatic carbocycles. The van der Waals surface area contributed by atoms with Crippen molar-refractivity contribution >= 4 is 45.0 Å². The van der Waals surface area contributed by atoms with Crippen LogP contribution in [0.2, 0.25) is 0 Å². The van der Waals surface area contributed by atoms with Crippen molar-refractivity contribution in [2.24, 2.45) is 0 Å². The first kappa shape index (κ1) is 11.4. The van der Waals surface area contributed by atoms with Crippen LogP contribution in [0.1, 0.15) is 16.7 Å². The minimum Gasteiger partial charge on any atom is -0.480 e. The van der Waals surface area contributed by atoms with E-state index in [2.05, 4.69) is 21.2 Å². The molecule has 2 rings (SSSR count). The minimum absolute atomic E-state index is 0.106. The van der Waals surface area contributed by atoms with Gasteiger partial charge in [0.1, 0.15) is 6.04 Å². The van der Waals surface area contributed by atoms with Crippen molar-refractivity contribution in [1.29, 1.82) is 0 Å². The number of carboxylic acids is 1. The number of carboxylic acid groups (broad SMARTS) is 1. The standard InChI is InChI=1S/C9H10BrNO2S2/c10-5-1-3-14-7(5)8-11-6(9(12)13)2-4-15-8/h1,3,6,8,11H,2,4H2,(H,12,13). The van der Waals surface area contributed by atoms with Crippen LogP contribution in [0, 0.1) is 0 Å². The summed E-state index contributed by atoms with van der Waals surface area (Å²) in [5.41, 5.74) is 0. The zero-order chi connectivity index (χ0) is 10.8. The van der Waals surface area contributed by atoms with Crippen molar-refractivity contribution in [3.05, 3.63) is 20.8 Å². The van der Waals surface area contributed by atoms with E-state index >= 15 is 0 Å². The summed E-state index contributed by atoms with van der Waals surface area (Å²) in [4.78, 5) is 12.0. The van der Waals surface area contributed by atoms with Crippen molar-refractivity contribution in [2.45, 2.75) is 17.8 Å². The van der Waals surface area contributed by atoms with Gasteiger partial charge >= 0.3 is 5.97 Å². The SMILES string of the molecule is O=C(O)C1CCSC(c2sccc2Br)N1. The van der Waals surface area contributed by atoms with Crippen molar-refractivity contribution in [1.82, 2.24) is 5.32 Å². The van der Waals surface area contributed by atoms with Crippen molar-refractivity contribution in [3.8, 4) is 0 Å². The molecule has 0 spiro atoms. The summed E-state index contributed by atoms with van der Waals surface area (Å²) in [6, 6.07) is 1.58. The summed E-state index contributed by atoms with van der Waals surface area (Å²) in [7, 11) is 0. The highest BCUT2D eigenvalue weighted by Crippen LogP contribution is 2.38. The van der Waals surface area contributed by atoms with Gasteiger partial charge in [-0.15, -0.1) is 23.1 Å². The molecular formula is C9H10BrNO2S2. The number of carbonyl (C=O) groups is 1. The Morgan fingerprint density at radius 3 is 3.07 bits per heavy atom. The quantitative estimate of drug-likeness (QED) is 0.882. The van der Waals surface area contributed by atoms with E-state index in [9.17, 15) is 4.79 Å². The minimum atomic E-state index is -0.757. The van der Waals surface area contributed by atoms with Gasteiger partial charge in [0.25, 0.3) is 0 Å². The Hall–Kier alpha value is -0.0400. The Kier molecular flexibility index (Phi) is 3.71. The average molecular weight is 308 g/mol. The summed E-state index contributed by atoms with van der Waals surface area (Å²) in [5.74, 6) is 0.131. The number of halogens is 1. The summed E-state index contributed by atoms with van der Waals surface area (Å²) in [5, 5.41) is 14.2. The van der Waals surface area contributed by atoms with Gasteiger partial charge in [-0.2, -0.15) is 0 Å². The van der Waals surface area contributed by atoms with E-state index in [1.165, 1.54) is 4.88 Å². The molecule has 2 heterocycles. The highest BCUT2D eigenvalue weighted by molar-refractivity contribution is 9.10. The third-order valence-electron chi connectivity index (χ3n) is 2.22. The molecule has 6 heteroatoms. The lowest BCUT2D eigenvalue weighted by Crippen LogP contribution is -2.41. The number of thioether (sulfide) groups is 1. The fraction of sp³-hybridized carbons (Fsp3) is 0.444. The largest absolute Gasteiger partial charge is 0.480 e. The molecule has 1 aromatic heterocycles. The lowest BCUT2D eigenvalue weighted by atomic mass is 10.2. The fourth-order valence-corrected chi connectivity index (χ4v) is 4.66. The maximum Gasteiger partial charge on any atom is 0.320 e. The number of nitrogens with one attached hydrogen (secondary N) is 1. The zero-order valence-electron chi connectivity index (χ0n) is 7.77. The molecule has 1 aliphatic rings. The average Bonchev–Trinajstić information content (AvgIpc) is 2.64. The van der Waals surface area contributed by atoms with Crippen LogP contribution in [0.3, 0.4) is 0 Å². The number of hydrogen-bond acceptors (Lipinski definition) is 4. The topological polar surface area (TPSA) is 49.3 Å². The second-order valence-electron chi connectivity index (χ2n) is 3.23. The van der Waals surface area contributed by atoms with Crippen LogP contribution >= 0.6 is 39.0 Å². The molecule has 2 N–H and O–H groups in total. The van der Waals surface area contributed by atoms with E-state index in [0.29, 0.717) is 6.42 Å². The summed E-state index contributed by atoms with van der Waals surface area (Å²) in [6.45, 7) is 0. The predicted octanol–water partition coefficient (Wildman–Crippen LogP) is 2.69. The molecule has 3 nitrogen and oxygen atoms in total. The van der Waals surface area contributed by atoms with E-state index in [0.717, 1.165) is 10.2 Å². The first-order valence-corrected chi connectivity index (χ1v) is 7.24. The number of aliphatic carboxylic acids is 1. The van der Waals surface area contributed by atoms with Gasteiger partial charge in [0.15, 0.2) is 0 Å². The molecule has 1 aliphatic heterocycles. The van der Waals surface area contributed by atoms with Crippen LogP contribution in [0.25, 0.3) is 0 Å². The molecule has 0 radical (unpaired) electrons. The van der Waals surface area contributed by atoms with E-state index in [1.54, 1.807) is 23.1 Å². The van der Waals surface area contributed by atoms with Gasteiger partial charge in [0.05, 0.1) is 5.37 Å². The fourth-order valence-electron chi connectivity index (χ4n) is 1.46. The number of hydrogen-bond donors (Lipinski definition) is 2. The Morgan fingerprint density at radius 2 is 2.47 bits per heavy atom. The van der Waals surface area contributed by atoms with Gasteiger partial charge in [0.2, 0.25) is 0 Å². The molecule has 0 amide bonds. The van der Waals surface area contributed by atoms with Crippen LogP contribution in [0.15, 0.2) is 15.9 Å². The van der Waals surface area contributed by atoms with Crippen molar-refractivity contribution in [3.63, 3.8) is 0 Å². The van der Waals surface area contributed by atoms with Crippen LogP contribution < -0.4 is 5.32 Å². The lowest BCUT2D eigenvalue weighted by molar-refractivity contribution is -0.139. The molecule has 2 atom stereocenters. The van der Waals surface area contributed by atoms with Crippen LogP contribution in [0.4, 0.5) is 0 Å². The lowest BCUT2D eigenvalue weighted by Gasteiger charge is -2.27. The maximum absolute atomic E-state index is 10.9. The predicted molar refractivity (Wildman–Crippen MR) is 66.4 cm³/mol.